The molecule has 0 aliphatic carbocycles. The molecule has 0 spiro atoms. The molecule has 0 bridgehead atoms. The van der Waals surface area contributed by atoms with E-state index in [9.17, 15) is 4.79 Å². The Balaban J connectivity index is 1.50. The molecule has 0 saturated carbocycles. The van der Waals surface area contributed by atoms with E-state index < -0.39 is 5.91 Å². The SMILES string of the molecule is C[C@@H](Nc1ncnc2[nH]c(-c3ccc(CNCC(=O)NO)cc3)cc12)c1ccccc1. The summed E-state index contributed by atoms with van der Waals surface area (Å²) in [5.41, 5.74) is 6.56. The van der Waals surface area contributed by atoms with Crippen LogP contribution in [0.2, 0.25) is 0 Å². The first-order valence-corrected chi connectivity index (χ1v) is 10.0. The number of rotatable bonds is 8. The van der Waals surface area contributed by atoms with Gasteiger partial charge >= 0.3 is 0 Å². The molecular weight excluding hydrogens is 392 g/mol. The molecule has 0 fully saturated rings. The first-order valence-electron chi connectivity index (χ1n) is 10.0. The standard InChI is InChI=1S/C23H24N6O2/c1-15(17-5-3-2-4-6-17)27-22-19-11-20(28-23(19)26-14-25-22)18-9-7-16(8-10-18)12-24-13-21(30)29-31/h2-11,14-15,24,31H,12-13H2,1H3,(H,29,30)(H2,25,26,27,28)/t15-/m1/s1. The Morgan fingerprint density at radius 3 is 2.61 bits per heavy atom. The molecule has 0 radical (unpaired) electrons. The number of hydroxylamine groups is 1. The lowest BCUT2D eigenvalue weighted by Gasteiger charge is -2.15. The van der Waals surface area contributed by atoms with Crippen molar-refractivity contribution in [1.82, 2.24) is 25.7 Å². The van der Waals surface area contributed by atoms with Crippen LogP contribution in [-0.4, -0.2) is 32.6 Å². The predicted molar refractivity (Wildman–Crippen MR) is 119 cm³/mol. The van der Waals surface area contributed by atoms with Gasteiger partial charge in [-0.15, -0.1) is 0 Å². The van der Waals surface area contributed by atoms with Gasteiger partial charge in [-0.2, -0.15) is 0 Å². The number of hydrogen-bond donors (Lipinski definition) is 5. The number of nitrogens with zero attached hydrogens (tertiary/aromatic N) is 2. The molecule has 5 N–H and O–H groups in total. The van der Waals surface area contributed by atoms with Crippen molar-refractivity contribution in [2.24, 2.45) is 0 Å². The van der Waals surface area contributed by atoms with Crippen LogP contribution in [0.4, 0.5) is 5.82 Å². The Labute approximate surface area is 179 Å². The fourth-order valence-corrected chi connectivity index (χ4v) is 3.40. The molecule has 2 aromatic carbocycles. The zero-order valence-corrected chi connectivity index (χ0v) is 17.1. The topological polar surface area (TPSA) is 115 Å². The Kier molecular flexibility index (Phi) is 6.21. The molecule has 31 heavy (non-hydrogen) atoms. The number of carbonyl (C=O) groups is 1. The van der Waals surface area contributed by atoms with Gasteiger partial charge in [-0.3, -0.25) is 10.0 Å². The average molecular weight is 416 g/mol. The van der Waals surface area contributed by atoms with Crippen LogP contribution in [0.5, 0.6) is 0 Å². The molecule has 1 amide bonds. The molecule has 0 aliphatic heterocycles. The second-order valence-corrected chi connectivity index (χ2v) is 7.28. The molecule has 0 unspecified atom stereocenters. The predicted octanol–water partition coefficient (Wildman–Crippen LogP) is 3.39. The third kappa shape index (κ3) is 4.88. The second kappa shape index (κ2) is 9.38. The highest BCUT2D eigenvalue weighted by atomic mass is 16.5. The minimum Gasteiger partial charge on any atom is -0.363 e. The van der Waals surface area contributed by atoms with E-state index in [1.807, 2.05) is 48.5 Å². The number of nitrogens with one attached hydrogen (secondary N) is 4. The fraction of sp³-hybridized carbons (Fsp3) is 0.174. The lowest BCUT2D eigenvalue weighted by molar-refractivity contribution is -0.128. The van der Waals surface area contributed by atoms with Crippen LogP contribution >= 0.6 is 0 Å². The number of anilines is 1. The molecule has 8 nitrogen and oxygen atoms in total. The zero-order chi connectivity index (χ0) is 21.6. The van der Waals surface area contributed by atoms with E-state index in [4.69, 9.17) is 5.21 Å². The molecule has 0 aliphatic rings. The fourth-order valence-electron chi connectivity index (χ4n) is 3.40. The summed E-state index contributed by atoms with van der Waals surface area (Å²) < 4.78 is 0. The molecule has 1 atom stereocenters. The van der Waals surface area contributed by atoms with Gasteiger partial charge in [0.25, 0.3) is 5.91 Å². The summed E-state index contributed by atoms with van der Waals surface area (Å²) in [4.78, 5) is 23.2. The van der Waals surface area contributed by atoms with Crippen molar-refractivity contribution in [1.29, 1.82) is 0 Å². The van der Waals surface area contributed by atoms with Crippen molar-refractivity contribution in [3.8, 4) is 11.3 Å². The van der Waals surface area contributed by atoms with Crippen molar-refractivity contribution in [2.45, 2.75) is 19.5 Å². The highest BCUT2D eigenvalue weighted by molar-refractivity contribution is 5.91. The van der Waals surface area contributed by atoms with Crippen molar-refractivity contribution in [2.75, 3.05) is 11.9 Å². The summed E-state index contributed by atoms with van der Waals surface area (Å²) in [5.74, 6) is 0.314. The van der Waals surface area contributed by atoms with E-state index >= 15 is 0 Å². The first kappa shape index (κ1) is 20.5. The van der Waals surface area contributed by atoms with Crippen LogP contribution < -0.4 is 16.1 Å². The largest absolute Gasteiger partial charge is 0.363 e. The molecule has 4 rings (SSSR count). The molecule has 4 aromatic rings. The Morgan fingerprint density at radius 1 is 1.10 bits per heavy atom. The summed E-state index contributed by atoms with van der Waals surface area (Å²) in [6, 6.07) is 20.4. The zero-order valence-electron chi connectivity index (χ0n) is 17.1. The maximum atomic E-state index is 11.1. The summed E-state index contributed by atoms with van der Waals surface area (Å²) in [5, 5.41) is 15.9. The number of benzene rings is 2. The van der Waals surface area contributed by atoms with E-state index in [1.54, 1.807) is 11.8 Å². The number of H-pyrrole nitrogens is 1. The number of aromatic amines is 1. The average Bonchev–Trinajstić information content (AvgIpc) is 3.25. The van der Waals surface area contributed by atoms with Gasteiger partial charge in [0, 0.05) is 18.3 Å². The first-order chi connectivity index (χ1) is 15.1. The lowest BCUT2D eigenvalue weighted by atomic mass is 10.1. The monoisotopic (exact) mass is 416 g/mol. The van der Waals surface area contributed by atoms with Gasteiger partial charge in [0.2, 0.25) is 0 Å². The van der Waals surface area contributed by atoms with Gasteiger partial charge in [0.15, 0.2) is 0 Å². The quantitative estimate of drug-likeness (QED) is 0.222. The Bertz CT molecular complexity index is 1160. The number of fused-ring (bicyclic) bond motifs is 1. The highest BCUT2D eigenvalue weighted by Crippen LogP contribution is 2.29. The maximum absolute atomic E-state index is 11.1. The van der Waals surface area contributed by atoms with E-state index in [2.05, 4.69) is 44.6 Å². The number of carbonyl (C=O) groups excluding carboxylic acids is 1. The third-order valence-corrected chi connectivity index (χ3v) is 5.08. The molecule has 8 heteroatoms. The van der Waals surface area contributed by atoms with E-state index in [1.165, 1.54) is 5.56 Å². The van der Waals surface area contributed by atoms with Crippen LogP contribution in [0.1, 0.15) is 24.1 Å². The number of hydrogen-bond acceptors (Lipinski definition) is 6. The van der Waals surface area contributed by atoms with Crippen LogP contribution in [0, 0.1) is 0 Å². The number of amides is 1. The minimum absolute atomic E-state index is 0.0517. The highest BCUT2D eigenvalue weighted by Gasteiger charge is 2.12. The Morgan fingerprint density at radius 2 is 1.87 bits per heavy atom. The number of aromatic nitrogens is 3. The Hall–Kier alpha value is -3.75. The van der Waals surface area contributed by atoms with Crippen molar-refractivity contribution in [3.63, 3.8) is 0 Å². The van der Waals surface area contributed by atoms with Crippen LogP contribution in [0.3, 0.4) is 0 Å². The smallest absolute Gasteiger partial charge is 0.257 e. The third-order valence-electron chi connectivity index (χ3n) is 5.08. The molecular formula is C23H24N6O2. The minimum atomic E-state index is -0.471. The van der Waals surface area contributed by atoms with Gasteiger partial charge < -0.3 is 15.6 Å². The van der Waals surface area contributed by atoms with Crippen LogP contribution in [0.15, 0.2) is 67.0 Å². The van der Waals surface area contributed by atoms with Crippen LogP contribution in [-0.2, 0) is 11.3 Å². The van der Waals surface area contributed by atoms with Gasteiger partial charge in [-0.25, -0.2) is 15.4 Å². The molecule has 2 aromatic heterocycles. The summed E-state index contributed by atoms with van der Waals surface area (Å²) in [6.07, 6.45) is 1.56. The molecule has 158 valence electrons. The lowest BCUT2D eigenvalue weighted by Crippen LogP contribution is -2.31. The van der Waals surface area contributed by atoms with Gasteiger partial charge in [-0.05, 0) is 29.7 Å². The summed E-state index contributed by atoms with van der Waals surface area (Å²) in [7, 11) is 0. The van der Waals surface area contributed by atoms with Crippen molar-refractivity contribution in [3.05, 3.63) is 78.1 Å². The molecule has 0 saturated heterocycles. The van der Waals surface area contributed by atoms with Crippen molar-refractivity contribution < 1.29 is 10.0 Å². The maximum Gasteiger partial charge on any atom is 0.257 e. The van der Waals surface area contributed by atoms with Gasteiger partial charge in [0.1, 0.15) is 17.8 Å². The van der Waals surface area contributed by atoms with Gasteiger partial charge in [-0.1, -0.05) is 54.6 Å². The second-order valence-electron chi connectivity index (χ2n) is 7.28. The van der Waals surface area contributed by atoms with Gasteiger partial charge in [0.05, 0.1) is 11.9 Å². The summed E-state index contributed by atoms with van der Waals surface area (Å²) >= 11 is 0. The van der Waals surface area contributed by atoms with E-state index in [-0.39, 0.29) is 12.6 Å². The normalized spacial score (nSPS) is 11.9. The summed E-state index contributed by atoms with van der Waals surface area (Å²) in [6.45, 7) is 2.68. The molecule has 2 heterocycles. The van der Waals surface area contributed by atoms with E-state index in [0.29, 0.717) is 6.54 Å². The van der Waals surface area contributed by atoms with E-state index in [0.717, 1.165) is 33.7 Å². The van der Waals surface area contributed by atoms with Crippen molar-refractivity contribution >= 4 is 22.8 Å². The van der Waals surface area contributed by atoms with Crippen LogP contribution in [0.25, 0.3) is 22.3 Å².